The Balaban J connectivity index is 1.71. The average molecular weight is 381 g/mol. The van der Waals surface area contributed by atoms with Gasteiger partial charge in [-0.2, -0.15) is 0 Å². The first kappa shape index (κ1) is 19.9. The second-order valence-electron chi connectivity index (χ2n) is 7.28. The molecule has 0 atom stereocenters. The third kappa shape index (κ3) is 5.09. The van der Waals surface area contributed by atoms with Gasteiger partial charge in [0.1, 0.15) is 5.75 Å². The van der Waals surface area contributed by atoms with Gasteiger partial charge in [0.05, 0.1) is 23.9 Å². The molecule has 2 aromatic rings. The quantitative estimate of drug-likeness (QED) is 0.764. The summed E-state index contributed by atoms with van der Waals surface area (Å²) in [6.45, 7) is 1.94. The Morgan fingerprint density at radius 2 is 1.68 bits per heavy atom. The second-order valence-corrected chi connectivity index (χ2v) is 7.28. The molecule has 3 rings (SSSR count). The third-order valence-electron chi connectivity index (χ3n) is 5.06. The first-order valence-corrected chi connectivity index (χ1v) is 9.78. The number of hydrogen-bond donors (Lipinski definition) is 2. The molecule has 1 aromatic carbocycles. The van der Waals surface area contributed by atoms with Crippen LogP contribution in [0.4, 0.5) is 5.69 Å². The highest BCUT2D eigenvalue weighted by Gasteiger charge is 2.18. The molecular weight excluding hydrogens is 354 g/mol. The van der Waals surface area contributed by atoms with Crippen molar-refractivity contribution in [2.45, 2.75) is 51.5 Å². The highest BCUT2D eigenvalue weighted by atomic mass is 16.5. The highest BCUT2D eigenvalue weighted by Crippen LogP contribution is 2.25. The molecule has 1 fully saturated rings. The summed E-state index contributed by atoms with van der Waals surface area (Å²) in [5.74, 6) is 0.0665. The van der Waals surface area contributed by atoms with Crippen molar-refractivity contribution in [3.63, 3.8) is 0 Å². The first-order chi connectivity index (χ1) is 13.6. The standard InChI is InChI=1S/C22H27N3O3/c1-15-9-10-20(28-2)19(11-15)25-22(27)17-12-16(13-23-14-17)21(26)24-18-7-5-3-4-6-8-18/h9-14,18H,3-8H2,1-2H3,(H,24,26)(H,25,27). The zero-order valence-electron chi connectivity index (χ0n) is 16.5. The summed E-state index contributed by atoms with van der Waals surface area (Å²) in [5, 5.41) is 5.92. The van der Waals surface area contributed by atoms with Crippen molar-refractivity contribution in [2.75, 3.05) is 12.4 Å². The van der Waals surface area contributed by atoms with E-state index in [4.69, 9.17) is 4.74 Å². The average Bonchev–Trinajstić information content (AvgIpc) is 2.97. The van der Waals surface area contributed by atoms with Crippen molar-refractivity contribution >= 4 is 17.5 Å². The Labute approximate surface area is 165 Å². The van der Waals surface area contributed by atoms with Gasteiger partial charge in [0.25, 0.3) is 11.8 Å². The molecule has 1 aliphatic rings. The normalized spacial score (nSPS) is 14.8. The smallest absolute Gasteiger partial charge is 0.257 e. The molecule has 0 bridgehead atoms. The van der Waals surface area contributed by atoms with Crippen molar-refractivity contribution in [1.82, 2.24) is 10.3 Å². The van der Waals surface area contributed by atoms with Crippen LogP contribution in [0.15, 0.2) is 36.7 Å². The Bertz CT molecular complexity index is 843. The Kier molecular flexibility index (Phi) is 6.63. The van der Waals surface area contributed by atoms with E-state index < -0.39 is 0 Å². The van der Waals surface area contributed by atoms with Crippen LogP contribution in [0.3, 0.4) is 0 Å². The van der Waals surface area contributed by atoms with Crippen LogP contribution in [0.25, 0.3) is 0 Å². The summed E-state index contributed by atoms with van der Waals surface area (Å²) in [4.78, 5) is 29.4. The third-order valence-corrected chi connectivity index (χ3v) is 5.06. The van der Waals surface area contributed by atoms with Crippen LogP contribution in [0.5, 0.6) is 5.75 Å². The summed E-state index contributed by atoms with van der Waals surface area (Å²) in [6.07, 6.45) is 9.71. The van der Waals surface area contributed by atoms with Gasteiger partial charge in [-0.25, -0.2) is 0 Å². The molecule has 0 unspecified atom stereocenters. The summed E-state index contributed by atoms with van der Waals surface area (Å²) in [6, 6.07) is 7.33. The van der Waals surface area contributed by atoms with E-state index in [-0.39, 0.29) is 17.9 Å². The molecule has 0 radical (unpaired) electrons. The van der Waals surface area contributed by atoms with Crippen molar-refractivity contribution in [3.05, 3.63) is 53.3 Å². The second kappa shape index (κ2) is 9.35. The minimum Gasteiger partial charge on any atom is -0.495 e. The van der Waals surface area contributed by atoms with Crippen molar-refractivity contribution < 1.29 is 14.3 Å². The number of carbonyl (C=O) groups is 2. The Morgan fingerprint density at radius 3 is 2.36 bits per heavy atom. The van der Waals surface area contributed by atoms with Gasteiger partial charge in [0.2, 0.25) is 0 Å². The van der Waals surface area contributed by atoms with Gasteiger partial charge < -0.3 is 15.4 Å². The molecule has 1 heterocycles. The van der Waals surface area contributed by atoms with Gasteiger partial charge in [0, 0.05) is 18.4 Å². The molecule has 1 saturated carbocycles. The van der Waals surface area contributed by atoms with Crippen LogP contribution in [-0.4, -0.2) is 29.9 Å². The maximum Gasteiger partial charge on any atom is 0.257 e. The summed E-state index contributed by atoms with van der Waals surface area (Å²) in [5.41, 5.74) is 2.32. The summed E-state index contributed by atoms with van der Waals surface area (Å²) >= 11 is 0. The molecule has 1 aromatic heterocycles. The molecule has 1 aliphatic carbocycles. The van der Waals surface area contributed by atoms with Gasteiger partial charge in [-0.05, 0) is 43.5 Å². The molecule has 2 amide bonds. The SMILES string of the molecule is COc1ccc(C)cc1NC(=O)c1cncc(C(=O)NC2CCCCCC2)c1. The molecule has 0 aliphatic heterocycles. The predicted molar refractivity (Wildman–Crippen MR) is 109 cm³/mol. The number of anilines is 1. The zero-order chi connectivity index (χ0) is 19.9. The molecule has 6 heteroatoms. The van der Waals surface area contributed by atoms with E-state index in [1.807, 2.05) is 19.1 Å². The topological polar surface area (TPSA) is 80.3 Å². The number of pyridine rings is 1. The number of benzene rings is 1. The van der Waals surface area contributed by atoms with E-state index >= 15 is 0 Å². The van der Waals surface area contributed by atoms with Crippen LogP contribution >= 0.6 is 0 Å². The number of carbonyl (C=O) groups excluding carboxylic acids is 2. The maximum atomic E-state index is 12.7. The number of rotatable bonds is 5. The van der Waals surface area contributed by atoms with Crippen LogP contribution < -0.4 is 15.4 Å². The Hall–Kier alpha value is -2.89. The van der Waals surface area contributed by atoms with Crippen LogP contribution in [0, 0.1) is 6.92 Å². The maximum absolute atomic E-state index is 12.7. The van der Waals surface area contributed by atoms with Gasteiger partial charge in [0.15, 0.2) is 0 Å². The van der Waals surface area contributed by atoms with Crippen LogP contribution in [0.2, 0.25) is 0 Å². The number of ether oxygens (including phenoxy) is 1. The molecular formula is C22H27N3O3. The van der Waals surface area contributed by atoms with Crippen molar-refractivity contribution in [2.24, 2.45) is 0 Å². The van der Waals surface area contributed by atoms with Gasteiger partial charge >= 0.3 is 0 Å². The minimum atomic E-state index is -0.333. The Morgan fingerprint density at radius 1 is 1.00 bits per heavy atom. The van der Waals surface area contributed by atoms with E-state index in [1.54, 1.807) is 19.2 Å². The lowest BCUT2D eigenvalue weighted by Gasteiger charge is -2.16. The minimum absolute atomic E-state index is 0.179. The summed E-state index contributed by atoms with van der Waals surface area (Å²) in [7, 11) is 1.56. The van der Waals surface area contributed by atoms with E-state index in [1.165, 1.54) is 25.2 Å². The largest absolute Gasteiger partial charge is 0.495 e. The van der Waals surface area contributed by atoms with Gasteiger partial charge in [-0.3, -0.25) is 14.6 Å². The van der Waals surface area contributed by atoms with E-state index in [9.17, 15) is 9.59 Å². The highest BCUT2D eigenvalue weighted by molar-refractivity contribution is 6.06. The van der Waals surface area contributed by atoms with E-state index in [0.717, 1.165) is 31.2 Å². The lowest BCUT2D eigenvalue weighted by molar-refractivity contribution is 0.0933. The monoisotopic (exact) mass is 381 g/mol. The number of aryl methyl sites for hydroxylation is 1. The lowest BCUT2D eigenvalue weighted by atomic mass is 10.1. The number of aromatic nitrogens is 1. The first-order valence-electron chi connectivity index (χ1n) is 9.78. The van der Waals surface area contributed by atoms with Crippen molar-refractivity contribution in [3.8, 4) is 5.75 Å². The number of hydrogen-bond acceptors (Lipinski definition) is 4. The predicted octanol–water partition coefficient (Wildman–Crippen LogP) is 4.10. The van der Waals surface area contributed by atoms with E-state index in [2.05, 4.69) is 15.6 Å². The molecule has 28 heavy (non-hydrogen) atoms. The number of nitrogens with one attached hydrogen (secondary N) is 2. The zero-order valence-corrected chi connectivity index (χ0v) is 16.5. The molecule has 0 saturated heterocycles. The summed E-state index contributed by atoms with van der Waals surface area (Å²) < 4.78 is 5.30. The van der Waals surface area contributed by atoms with Gasteiger partial charge in [-0.15, -0.1) is 0 Å². The number of amides is 2. The number of nitrogens with zero attached hydrogens (tertiary/aromatic N) is 1. The van der Waals surface area contributed by atoms with Crippen molar-refractivity contribution in [1.29, 1.82) is 0 Å². The van der Waals surface area contributed by atoms with E-state index in [0.29, 0.717) is 22.6 Å². The van der Waals surface area contributed by atoms with Crippen LogP contribution in [0.1, 0.15) is 64.8 Å². The fourth-order valence-corrected chi connectivity index (χ4v) is 3.49. The lowest BCUT2D eigenvalue weighted by Crippen LogP contribution is -2.34. The molecule has 6 nitrogen and oxygen atoms in total. The fourth-order valence-electron chi connectivity index (χ4n) is 3.49. The van der Waals surface area contributed by atoms with Crippen LogP contribution in [-0.2, 0) is 0 Å². The number of methoxy groups -OCH3 is 1. The van der Waals surface area contributed by atoms with Gasteiger partial charge in [-0.1, -0.05) is 31.7 Å². The molecule has 2 N–H and O–H groups in total. The molecule has 148 valence electrons. The molecule has 0 spiro atoms. The fraction of sp³-hybridized carbons (Fsp3) is 0.409.